The summed E-state index contributed by atoms with van der Waals surface area (Å²) in [7, 11) is 0. The van der Waals surface area contributed by atoms with Crippen LogP contribution >= 0.6 is 0 Å². The van der Waals surface area contributed by atoms with E-state index >= 15 is 0 Å². The zero-order chi connectivity index (χ0) is 9.26. The van der Waals surface area contributed by atoms with Crippen LogP contribution in [0.5, 0.6) is 0 Å². The predicted octanol–water partition coefficient (Wildman–Crippen LogP) is -0.199. The third kappa shape index (κ3) is 1.84. The van der Waals surface area contributed by atoms with Gasteiger partial charge >= 0.3 is 5.97 Å². The molecule has 3 unspecified atom stereocenters. The second-order valence-corrected chi connectivity index (χ2v) is 3.97. The van der Waals surface area contributed by atoms with E-state index in [1.54, 1.807) is 0 Å². The SMILES string of the molecule is O=C(O)C1CCC2NCCNC2C1. The van der Waals surface area contributed by atoms with Crippen LogP contribution in [0.4, 0.5) is 0 Å². The fourth-order valence-corrected chi connectivity index (χ4v) is 2.38. The standard InChI is InChI=1S/C9H16N2O2/c12-9(13)6-1-2-7-8(5-6)11-4-3-10-7/h6-8,10-11H,1-5H2,(H,12,13). The Morgan fingerprint density at radius 1 is 1.15 bits per heavy atom. The van der Waals surface area contributed by atoms with Gasteiger partial charge in [-0.25, -0.2) is 0 Å². The molecule has 1 saturated carbocycles. The van der Waals surface area contributed by atoms with Gasteiger partial charge in [-0.1, -0.05) is 0 Å². The van der Waals surface area contributed by atoms with Crippen molar-refractivity contribution in [3.63, 3.8) is 0 Å². The second-order valence-electron chi connectivity index (χ2n) is 3.97. The van der Waals surface area contributed by atoms with Crippen LogP contribution in [-0.2, 0) is 4.79 Å². The zero-order valence-corrected chi connectivity index (χ0v) is 7.62. The van der Waals surface area contributed by atoms with Crippen molar-refractivity contribution < 1.29 is 9.90 Å². The Morgan fingerprint density at radius 2 is 1.85 bits per heavy atom. The molecule has 0 radical (unpaired) electrons. The molecule has 0 aromatic heterocycles. The molecule has 0 bridgehead atoms. The minimum absolute atomic E-state index is 0.131. The molecule has 2 fully saturated rings. The van der Waals surface area contributed by atoms with Crippen molar-refractivity contribution in [2.24, 2.45) is 5.92 Å². The fraction of sp³-hybridized carbons (Fsp3) is 0.889. The highest BCUT2D eigenvalue weighted by atomic mass is 16.4. The van der Waals surface area contributed by atoms with E-state index in [1.807, 2.05) is 0 Å². The third-order valence-corrected chi connectivity index (χ3v) is 3.14. The Kier molecular flexibility index (Phi) is 2.51. The minimum Gasteiger partial charge on any atom is -0.481 e. The Balaban J connectivity index is 1.95. The first-order valence-corrected chi connectivity index (χ1v) is 4.97. The summed E-state index contributed by atoms with van der Waals surface area (Å²) >= 11 is 0. The quantitative estimate of drug-likeness (QED) is 0.528. The summed E-state index contributed by atoms with van der Waals surface area (Å²) in [4.78, 5) is 10.8. The summed E-state index contributed by atoms with van der Waals surface area (Å²) in [5.74, 6) is -0.764. The molecular weight excluding hydrogens is 168 g/mol. The molecule has 74 valence electrons. The molecule has 3 atom stereocenters. The van der Waals surface area contributed by atoms with E-state index in [0.717, 1.165) is 32.4 Å². The van der Waals surface area contributed by atoms with Crippen LogP contribution in [0.15, 0.2) is 0 Å². The largest absolute Gasteiger partial charge is 0.481 e. The Bertz CT molecular complexity index is 208. The maximum atomic E-state index is 10.8. The molecule has 1 saturated heterocycles. The van der Waals surface area contributed by atoms with Crippen LogP contribution in [0, 0.1) is 5.92 Å². The summed E-state index contributed by atoms with van der Waals surface area (Å²) in [6.45, 7) is 1.98. The summed E-state index contributed by atoms with van der Waals surface area (Å²) < 4.78 is 0. The van der Waals surface area contributed by atoms with Crippen molar-refractivity contribution in [1.29, 1.82) is 0 Å². The number of hydrogen-bond donors (Lipinski definition) is 3. The number of carbonyl (C=O) groups is 1. The van der Waals surface area contributed by atoms with Crippen molar-refractivity contribution in [3.05, 3.63) is 0 Å². The highest BCUT2D eigenvalue weighted by Gasteiger charge is 2.34. The predicted molar refractivity (Wildman–Crippen MR) is 48.6 cm³/mol. The van der Waals surface area contributed by atoms with Gasteiger partial charge in [0.1, 0.15) is 0 Å². The molecule has 3 N–H and O–H groups in total. The number of piperazine rings is 1. The van der Waals surface area contributed by atoms with Crippen molar-refractivity contribution in [2.75, 3.05) is 13.1 Å². The number of nitrogens with one attached hydrogen (secondary N) is 2. The van der Waals surface area contributed by atoms with E-state index < -0.39 is 5.97 Å². The first-order chi connectivity index (χ1) is 6.27. The highest BCUT2D eigenvalue weighted by molar-refractivity contribution is 5.70. The molecule has 2 rings (SSSR count). The summed E-state index contributed by atoms with van der Waals surface area (Å²) in [5.41, 5.74) is 0. The smallest absolute Gasteiger partial charge is 0.306 e. The van der Waals surface area contributed by atoms with Crippen LogP contribution in [-0.4, -0.2) is 36.2 Å². The highest BCUT2D eigenvalue weighted by Crippen LogP contribution is 2.25. The lowest BCUT2D eigenvalue weighted by Gasteiger charge is -2.39. The number of aliphatic carboxylic acids is 1. The number of carboxylic acid groups (broad SMARTS) is 1. The zero-order valence-electron chi connectivity index (χ0n) is 7.62. The lowest BCUT2D eigenvalue weighted by Crippen LogP contribution is -2.58. The number of fused-ring (bicyclic) bond motifs is 1. The Hall–Kier alpha value is -0.610. The van der Waals surface area contributed by atoms with Gasteiger partial charge in [0.15, 0.2) is 0 Å². The Labute approximate surface area is 77.7 Å². The van der Waals surface area contributed by atoms with Gasteiger partial charge in [0.2, 0.25) is 0 Å². The third-order valence-electron chi connectivity index (χ3n) is 3.14. The van der Waals surface area contributed by atoms with Gasteiger partial charge in [0, 0.05) is 25.2 Å². The van der Waals surface area contributed by atoms with Crippen LogP contribution in [0.3, 0.4) is 0 Å². The van der Waals surface area contributed by atoms with Crippen LogP contribution in [0.2, 0.25) is 0 Å². The maximum absolute atomic E-state index is 10.8. The van der Waals surface area contributed by atoms with E-state index in [2.05, 4.69) is 10.6 Å². The van der Waals surface area contributed by atoms with Gasteiger partial charge in [0.05, 0.1) is 5.92 Å². The summed E-state index contributed by atoms with van der Waals surface area (Å²) in [5, 5.41) is 15.7. The second kappa shape index (κ2) is 3.64. The van der Waals surface area contributed by atoms with Gasteiger partial charge in [-0.2, -0.15) is 0 Å². The van der Waals surface area contributed by atoms with Gasteiger partial charge < -0.3 is 15.7 Å². The average Bonchev–Trinajstić information content (AvgIpc) is 2.17. The number of rotatable bonds is 1. The normalized spacial score (nSPS) is 39.5. The minimum atomic E-state index is -0.633. The van der Waals surface area contributed by atoms with Gasteiger partial charge in [0.25, 0.3) is 0 Å². The van der Waals surface area contributed by atoms with E-state index in [4.69, 9.17) is 5.11 Å². The summed E-state index contributed by atoms with van der Waals surface area (Å²) in [6.07, 6.45) is 2.60. The van der Waals surface area contributed by atoms with Crippen LogP contribution in [0.1, 0.15) is 19.3 Å². The van der Waals surface area contributed by atoms with Crippen molar-refractivity contribution in [3.8, 4) is 0 Å². The topological polar surface area (TPSA) is 61.4 Å². The lowest BCUT2D eigenvalue weighted by atomic mass is 9.81. The molecule has 4 nitrogen and oxygen atoms in total. The molecule has 0 spiro atoms. The molecular formula is C9H16N2O2. The van der Waals surface area contributed by atoms with E-state index in [1.165, 1.54) is 0 Å². The molecule has 2 aliphatic rings. The molecule has 0 aromatic carbocycles. The van der Waals surface area contributed by atoms with Crippen LogP contribution < -0.4 is 10.6 Å². The molecule has 1 aliphatic carbocycles. The lowest BCUT2D eigenvalue weighted by molar-refractivity contribution is -0.143. The van der Waals surface area contributed by atoms with E-state index in [0.29, 0.717) is 12.1 Å². The molecule has 1 aliphatic heterocycles. The number of carboxylic acids is 1. The van der Waals surface area contributed by atoms with E-state index in [-0.39, 0.29) is 5.92 Å². The fourth-order valence-electron chi connectivity index (χ4n) is 2.38. The number of hydrogen-bond acceptors (Lipinski definition) is 3. The van der Waals surface area contributed by atoms with E-state index in [9.17, 15) is 4.79 Å². The molecule has 0 aromatic rings. The van der Waals surface area contributed by atoms with Gasteiger partial charge in [-0.3, -0.25) is 4.79 Å². The van der Waals surface area contributed by atoms with Gasteiger partial charge in [-0.15, -0.1) is 0 Å². The maximum Gasteiger partial charge on any atom is 0.306 e. The molecule has 4 heteroatoms. The van der Waals surface area contributed by atoms with Crippen molar-refractivity contribution >= 4 is 5.97 Å². The van der Waals surface area contributed by atoms with Gasteiger partial charge in [-0.05, 0) is 19.3 Å². The average molecular weight is 184 g/mol. The van der Waals surface area contributed by atoms with Crippen molar-refractivity contribution in [2.45, 2.75) is 31.3 Å². The first kappa shape index (κ1) is 8.97. The summed E-state index contributed by atoms with van der Waals surface area (Å²) in [6, 6.07) is 0.882. The molecule has 13 heavy (non-hydrogen) atoms. The molecule has 1 heterocycles. The first-order valence-electron chi connectivity index (χ1n) is 4.97. The van der Waals surface area contributed by atoms with Crippen LogP contribution in [0.25, 0.3) is 0 Å². The monoisotopic (exact) mass is 184 g/mol. The molecule has 0 amide bonds. The van der Waals surface area contributed by atoms with Crippen molar-refractivity contribution in [1.82, 2.24) is 10.6 Å². The Morgan fingerprint density at radius 3 is 2.54 bits per heavy atom.